The van der Waals surface area contributed by atoms with Crippen LogP contribution >= 0.6 is 0 Å². The molecule has 0 spiro atoms. The quantitative estimate of drug-likeness (QED) is 0.549. The first kappa shape index (κ1) is 15.0. The Hall–Kier alpha value is -0.0200. The fourth-order valence-electron chi connectivity index (χ4n) is 1.66. The molecule has 0 atom stereocenters. The predicted molar refractivity (Wildman–Crippen MR) is 65.7 cm³/mol. The van der Waals surface area contributed by atoms with Crippen LogP contribution in [0, 0.1) is 0 Å². The van der Waals surface area contributed by atoms with Crippen molar-refractivity contribution in [3.05, 3.63) is 0 Å². The molecule has 0 unspecified atom stereocenters. The van der Waals surface area contributed by atoms with Crippen molar-refractivity contribution < 1.29 is 25.5 Å². The molecule has 1 heterocycles. The van der Waals surface area contributed by atoms with E-state index in [-0.39, 0.29) is 24.7 Å². The van der Waals surface area contributed by atoms with Crippen LogP contribution in [0.25, 0.3) is 0 Å². The molecule has 1 aliphatic heterocycles. The zero-order valence-electron chi connectivity index (χ0n) is 9.96. The lowest BCUT2D eigenvalue weighted by atomic mass is 10.3. The minimum absolute atomic E-state index is 0.0833. The Bertz CT molecular complexity index is 403. The molecule has 0 radical (unpaired) electrons. The molecule has 1 N–H and O–H groups in total. The molecule has 1 fully saturated rings. The third-order valence-corrected chi connectivity index (χ3v) is 6.01. The first-order valence-corrected chi connectivity index (χ1v) is 9.58. The molecule has 0 amide bonds. The Labute approximate surface area is 102 Å². The van der Waals surface area contributed by atoms with Gasteiger partial charge in [-0.25, -0.2) is 4.21 Å². The smallest absolute Gasteiger partial charge is 0.264 e. The van der Waals surface area contributed by atoms with E-state index >= 15 is 0 Å². The normalized spacial score (nSPS) is 25.2. The topological polar surface area (TPSA) is 89.9 Å². The van der Waals surface area contributed by atoms with Crippen LogP contribution in [-0.4, -0.2) is 48.2 Å². The fraction of sp³-hybridized carbons (Fsp3) is 1.00. The summed E-state index contributed by atoms with van der Waals surface area (Å²) in [6, 6.07) is 0. The minimum Gasteiger partial charge on any atom is -0.307 e. The Balaban J connectivity index is 2.15. The lowest BCUT2D eigenvalue weighted by Crippen LogP contribution is -2.37. The maximum atomic E-state index is 12.0. The summed E-state index contributed by atoms with van der Waals surface area (Å²) in [5, 5.41) is 0. The van der Waals surface area contributed by atoms with Crippen LogP contribution in [0.4, 0.5) is 0 Å². The SMILES string of the molecule is CS(=O)(=O)OCCCCOS1(=O)(O)CCCC1. The van der Waals surface area contributed by atoms with E-state index in [1.54, 1.807) is 0 Å². The third-order valence-electron chi connectivity index (χ3n) is 2.53. The van der Waals surface area contributed by atoms with E-state index < -0.39 is 19.7 Å². The second-order valence-corrected chi connectivity index (χ2v) is 9.32. The van der Waals surface area contributed by atoms with Crippen LogP contribution in [0.1, 0.15) is 25.7 Å². The molecular weight excluding hydrogens is 268 g/mol. The highest BCUT2D eigenvalue weighted by Gasteiger charge is 2.37. The minimum atomic E-state index is -3.81. The summed E-state index contributed by atoms with van der Waals surface area (Å²) in [6.45, 7) is 0.245. The van der Waals surface area contributed by atoms with E-state index in [1.165, 1.54) is 0 Å². The van der Waals surface area contributed by atoms with Crippen molar-refractivity contribution in [1.29, 1.82) is 0 Å². The summed E-state index contributed by atoms with van der Waals surface area (Å²) < 4.78 is 52.8. The van der Waals surface area contributed by atoms with E-state index in [9.17, 15) is 17.2 Å². The van der Waals surface area contributed by atoms with Gasteiger partial charge in [-0.1, -0.05) is 0 Å². The van der Waals surface area contributed by atoms with E-state index in [4.69, 9.17) is 4.18 Å². The highest BCUT2D eigenvalue weighted by Crippen LogP contribution is 2.32. The number of hydrogen-bond donors (Lipinski definition) is 1. The van der Waals surface area contributed by atoms with Crippen molar-refractivity contribution in [3.63, 3.8) is 0 Å². The first-order chi connectivity index (χ1) is 7.70. The molecule has 1 rings (SSSR count). The van der Waals surface area contributed by atoms with E-state index in [1.807, 2.05) is 0 Å². The monoisotopic (exact) mass is 288 g/mol. The third kappa shape index (κ3) is 5.91. The van der Waals surface area contributed by atoms with E-state index in [2.05, 4.69) is 4.18 Å². The highest BCUT2D eigenvalue weighted by atomic mass is 32.3. The lowest BCUT2D eigenvalue weighted by molar-refractivity contribution is 0.247. The Morgan fingerprint density at radius 1 is 1.18 bits per heavy atom. The first-order valence-electron chi connectivity index (χ1n) is 5.58. The van der Waals surface area contributed by atoms with Gasteiger partial charge < -0.3 is 4.55 Å². The summed E-state index contributed by atoms with van der Waals surface area (Å²) in [4.78, 5) is 0. The van der Waals surface area contributed by atoms with Gasteiger partial charge in [0.15, 0.2) is 0 Å². The molecule has 6 nitrogen and oxygen atoms in total. The van der Waals surface area contributed by atoms with Crippen molar-refractivity contribution >= 4 is 19.7 Å². The van der Waals surface area contributed by atoms with Crippen LogP contribution in [0.5, 0.6) is 0 Å². The number of rotatable bonds is 7. The fourth-order valence-corrected chi connectivity index (χ4v) is 4.56. The Morgan fingerprint density at radius 2 is 1.71 bits per heavy atom. The molecule has 1 aliphatic rings. The lowest BCUT2D eigenvalue weighted by Gasteiger charge is -2.31. The van der Waals surface area contributed by atoms with Gasteiger partial charge in [0.2, 0.25) is 0 Å². The van der Waals surface area contributed by atoms with Crippen LogP contribution in [0.3, 0.4) is 0 Å². The summed E-state index contributed by atoms with van der Waals surface area (Å²) in [7, 11) is -7.21. The molecule has 0 saturated carbocycles. The zero-order chi connectivity index (χ0) is 13.0. The van der Waals surface area contributed by atoms with Crippen LogP contribution < -0.4 is 0 Å². The zero-order valence-corrected chi connectivity index (χ0v) is 11.6. The van der Waals surface area contributed by atoms with Crippen LogP contribution in [0.15, 0.2) is 0 Å². The van der Waals surface area contributed by atoms with Crippen LogP contribution in [-0.2, 0) is 28.1 Å². The van der Waals surface area contributed by atoms with Gasteiger partial charge in [-0.2, -0.15) is 8.42 Å². The average molecular weight is 288 g/mol. The summed E-state index contributed by atoms with van der Waals surface area (Å²) >= 11 is 0. The number of unbranched alkanes of at least 4 members (excludes halogenated alkanes) is 1. The molecule has 0 bridgehead atoms. The Kier molecular flexibility index (Phi) is 4.70. The highest BCUT2D eigenvalue weighted by molar-refractivity contribution is 8.11. The van der Waals surface area contributed by atoms with Crippen molar-refractivity contribution in [2.75, 3.05) is 31.0 Å². The Morgan fingerprint density at radius 3 is 2.24 bits per heavy atom. The second-order valence-electron chi connectivity index (χ2n) is 4.32. The average Bonchev–Trinajstić information content (AvgIpc) is 2.53. The van der Waals surface area contributed by atoms with Gasteiger partial charge in [0.05, 0.1) is 29.1 Å². The molecule has 0 aliphatic carbocycles. The maximum Gasteiger partial charge on any atom is 0.264 e. The standard InChI is InChI=1S/C9H20O6S2/c1-16(10,11)14-6-2-3-7-15-17(12,13)8-4-5-9-17/h2-9H2,1H3,(H,12,13). The number of hydrogen-bond acceptors (Lipinski definition) is 5. The van der Waals surface area contributed by atoms with Crippen molar-refractivity contribution in [2.45, 2.75) is 25.7 Å². The summed E-state index contributed by atoms with van der Waals surface area (Å²) in [5.41, 5.74) is 0. The van der Waals surface area contributed by atoms with Crippen molar-refractivity contribution in [1.82, 2.24) is 0 Å². The summed E-state index contributed by atoms with van der Waals surface area (Å²) in [5.74, 6) is 0.439. The predicted octanol–water partition coefficient (Wildman–Crippen LogP) is 0.761. The summed E-state index contributed by atoms with van der Waals surface area (Å²) in [6.07, 6.45) is 3.42. The van der Waals surface area contributed by atoms with Gasteiger partial charge in [-0.3, -0.25) is 8.37 Å². The molecule has 0 aromatic carbocycles. The van der Waals surface area contributed by atoms with Crippen molar-refractivity contribution in [2.24, 2.45) is 0 Å². The largest absolute Gasteiger partial charge is 0.307 e. The maximum absolute atomic E-state index is 12.0. The van der Waals surface area contributed by atoms with Gasteiger partial charge in [-0.15, -0.1) is 0 Å². The van der Waals surface area contributed by atoms with Gasteiger partial charge in [0, 0.05) is 11.5 Å². The van der Waals surface area contributed by atoms with Gasteiger partial charge in [0.1, 0.15) is 0 Å². The molecule has 0 aromatic heterocycles. The van der Waals surface area contributed by atoms with E-state index in [0.29, 0.717) is 12.8 Å². The molecule has 17 heavy (non-hydrogen) atoms. The van der Waals surface area contributed by atoms with Gasteiger partial charge in [0.25, 0.3) is 10.1 Å². The molecule has 8 heteroatoms. The molecular formula is C9H20O6S2. The van der Waals surface area contributed by atoms with Gasteiger partial charge in [-0.05, 0) is 25.7 Å². The molecule has 1 saturated heterocycles. The van der Waals surface area contributed by atoms with Crippen molar-refractivity contribution in [3.8, 4) is 0 Å². The second kappa shape index (κ2) is 5.31. The molecule has 0 aromatic rings. The molecule has 104 valence electrons. The van der Waals surface area contributed by atoms with Crippen LogP contribution in [0.2, 0.25) is 0 Å². The van der Waals surface area contributed by atoms with Gasteiger partial charge >= 0.3 is 0 Å². The van der Waals surface area contributed by atoms with E-state index in [0.717, 1.165) is 19.1 Å².